The Morgan fingerprint density at radius 2 is 1.86 bits per heavy atom. The van der Waals surface area contributed by atoms with E-state index in [4.69, 9.17) is 0 Å². The summed E-state index contributed by atoms with van der Waals surface area (Å²) in [7, 11) is 0. The molecule has 1 saturated carbocycles. The quantitative estimate of drug-likeness (QED) is 0.535. The van der Waals surface area contributed by atoms with E-state index < -0.39 is 0 Å². The molecule has 2 aromatic carbocycles. The molecule has 2 atom stereocenters. The lowest BCUT2D eigenvalue weighted by Crippen LogP contribution is -2.38. The van der Waals surface area contributed by atoms with Gasteiger partial charge in [0.25, 0.3) is 0 Å². The average Bonchev–Trinajstić information content (AvgIpc) is 3.40. The first-order valence-corrected chi connectivity index (χ1v) is 10.6. The maximum Gasteiger partial charge on any atom is 0.226 e. The summed E-state index contributed by atoms with van der Waals surface area (Å²) >= 11 is 0. The maximum atomic E-state index is 13.3. The first-order valence-electron chi connectivity index (χ1n) is 10.6. The van der Waals surface area contributed by atoms with Crippen LogP contribution in [0, 0.1) is 12.8 Å². The van der Waals surface area contributed by atoms with E-state index in [-0.39, 0.29) is 17.9 Å². The van der Waals surface area contributed by atoms with Gasteiger partial charge in [-0.3, -0.25) is 4.79 Å². The third-order valence-electron chi connectivity index (χ3n) is 5.93. The molecule has 1 aliphatic carbocycles. The van der Waals surface area contributed by atoms with E-state index in [0.717, 1.165) is 13.0 Å². The van der Waals surface area contributed by atoms with Gasteiger partial charge >= 0.3 is 0 Å². The molecule has 0 aliphatic heterocycles. The van der Waals surface area contributed by atoms with Crippen molar-refractivity contribution in [1.82, 2.24) is 9.47 Å². The van der Waals surface area contributed by atoms with E-state index in [9.17, 15) is 4.79 Å². The summed E-state index contributed by atoms with van der Waals surface area (Å²) in [4.78, 5) is 15.3. The zero-order valence-corrected chi connectivity index (χ0v) is 17.6. The van der Waals surface area contributed by atoms with E-state index in [2.05, 4.69) is 97.1 Å². The number of carbonyl (C=O) groups excluding carboxylic acids is 1. The predicted octanol–water partition coefficient (Wildman–Crippen LogP) is 5.39. The third-order valence-corrected chi connectivity index (χ3v) is 5.93. The zero-order chi connectivity index (χ0) is 20.4. The SMILES string of the molecule is Cc1cccc(Cn2cccc2CN(C(=O)[C@@H]2C[C@@H]2c2ccccc2)C(C)C)c1. The van der Waals surface area contributed by atoms with Crippen molar-refractivity contribution in [2.75, 3.05) is 0 Å². The van der Waals surface area contributed by atoms with Gasteiger partial charge in [-0.1, -0.05) is 60.2 Å². The van der Waals surface area contributed by atoms with Crippen molar-refractivity contribution in [2.45, 2.75) is 52.2 Å². The number of amides is 1. The molecule has 1 fully saturated rings. The predicted molar refractivity (Wildman–Crippen MR) is 118 cm³/mol. The molecule has 1 aromatic heterocycles. The molecule has 0 N–H and O–H groups in total. The highest BCUT2D eigenvalue weighted by Crippen LogP contribution is 2.48. The standard InChI is InChI=1S/C26H30N2O/c1-19(2)28(26(29)25-16-24(25)22-11-5-4-6-12-22)18-23-13-8-14-27(23)17-21-10-7-9-20(3)15-21/h4-15,19,24-25H,16-18H2,1-3H3/t24-,25-/m1/s1. The molecular weight excluding hydrogens is 356 g/mol. The van der Waals surface area contributed by atoms with Crippen LogP contribution in [-0.4, -0.2) is 21.4 Å². The maximum absolute atomic E-state index is 13.3. The molecule has 4 rings (SSSR count). The van der Waals surface area contributed by atoms with Crippen molar-refractivity contribution >= 4 is 5.91 Å². The third kappa shape index (κ3) is 4.45. The second-order valence-electron chi connectivity index (χ2n) is 8.54. The van der Waals surface area contributed by atoms with Gasteiger partial charge in [-0.25, -0.2) is 0 Å². The molecule has 0 saturated heterocycles. The summed E-state index contributed by atoms with van der Waals surface area (Å²) in [5.41, 5.74) is 5.04. The highest BCUT2D eigenvalue weighted by atomic mass is 16.2. The number of rotatable bonds is 7. The van der Waals surface area contributed by atoms with Crippen LogP contribution < -0.4 is 0 Å². The minimum Gasteiger partial charge on any atom is -0.345 e. The van der Waals surface area contributed by atoms with Crippen LogP contribution in [0.15, 0.2) is 72.9 Å². The first kappa shape index (κ1) is 19.5. The first-order chi connectivity index (χ1) is 14.0. The van der Waals surface area contributed by atoms with Crippen molar-refractivity contribution in [3.63, 3.8) is 0 Å². The molecule has 150 valence electrons. The van der Waals surface area contributed by atoms with Crippen molar-refractivity contribution in [3.05, 3.63) is 95.3 Å². The number of carbonyl (C=O) groups is 1. The number of aryl methyl sites for hydroxylation is 1. The van der Waals surface area contributed by atoms with Crippen LogP contribution in [0.5, 0.6) is 0 Å². The fourth-order valence-corrected chi connectivity index (χ4v) is 4.19. The van der Waals surface area contributed by atoms with E-state index in [1.54, 1.807) is 0 Å². The number of hydrogen-bond acceptors (Lipinski definition) is 1. The Labute approximate surface area is 174 Å². The summed E-state index contributed by atoms with van der Waals surface area (Å²) < 4.78 is 2.26. The molecule has 0 radical (unpaired) electrons. The van der Waals surface area contributed by atoms with Gasteiger partial charge in [0, 0.05) is 30.4 Å². The fourth-order valence-electron chi connectivity index (χ4n) is 4.19. The van der Waals surface area contributed by atoms with Crippen LogP contribution in [0.4, 0.5) is 0 Å². The highest BCUT2D eigenvalue weighted by Gasteiger charge is 2.46. The Bertz CT molecular complexity index is 973. The van der Waals surface area contributed by atoms with Crippen molar-refractivity contribution in [2.24, 2.45) is 5.92 Å². The molecule has 0 spiro atoms. The van der Waals surface area contributed by atoms with Gasteiger partial charge in [0.15, 0.2) is 0 Å². The van der Waals surface area contributed by atoms with E-state index >= 15 is 0 Å². The van der Waals surface area contributed by atoms with E-state index in [1.165, 1.54) is 22.4 Å². The minimum absolute atomic E-state index is 0.125. The molecule has 1 aliphatic rings. The topological polar surface area (TPSA) is 25.2 Å². The summed E-state index contributed by atoms with van der Waals surface area (Å²) in [5.74, 6) is 0.793. The van der Waals surface area contributed by atoms with E-state index in [1.807, 2.05) is 6.07 Å². The second kappa shape index (κ2) is 8.28. The molecule has 1 amide bonds. The van der Waals surface area contributed by atoms with Crippen LogP contribution in [-0.2, 0) is 17.9 Å². The lowest BCUT2D eigenvalue weighted by molar-refractivity contribution is -0.135. The number of nitrogens with zero attached hydrogens (tertiary/aromatic N) is 2. The van der Waals surface area contributed by atoms with Crippen molar-refractivity contribution in [1.29, 1.82) is 0 Å². The Morgan fingerprint density at radius 1 is 1.07 bits per heavy atom. The second-order valence-corrected chi connectivity index (χ2v) is 8.54. The molecule has 3 heteroatoms. The number of hydrogen-bond donors (Lipinski definition) is 0. The van der Waals surface area contributed by atoms with Crippen LogP contribution in [0.3, 0.4) is 0 Å². The van der Waals surface area contributed by atoms with Gasteiger partial charge in [0.1, 0.15) is 0 Å². The van der Waals surface area contributed by atoms with Crippen molar-refractivity contribution in [3.8, 4) is 0 Å². The summed E-state index contributed by atoms with van der Waals surface area (Å²) in [6.07, 6.45) is 3.08. The van der Waals surface area contributed by atoms with Gasteiger partial charge < -0.3 is 9.47 Å². The van der Waals surface area contributed by atoms with Gasteiger partial charge in [-0.15, -0.1) is 0 Å². The Hall–Kier alpha value is -2.81. The lowest BCUT2D eigenvalue weighted by Gasteiger charge is -2.28. The van der Waals surface area contributed by atoms with Crippen LogP contribution >= 0.6 is 0 Å². The summed E-state index contributed by atoms with van der Waals surface area (Å²) in [6, 6.07) is 23.5. The lowest BCUT2D eigenvalue weighted by atomic mass is 10.1. The van der Waals surface area contributed by atoms with Gasteiger partial charge in [-0.05, 0) is 56.4 Å². The zero-order valence-electron chi connectivity index (χ0n) is 17.6. The van der Waals surface area contributed by atoms with Gasteiger partial charge in [0.2, 0.25) is 5.91 Å². The Balaban J connectivity index is 1.47. The van der Waals surface area contributed by atoms with Gasteiger partial charge in [-0.2, -0.15) is 0 Å². The Kier molecular flexibility index (Phi) is 5.57. The van der Waals surface area contributed by atoms with Gasteiger partial charge in [0.05, 0.1) is 6.54 Å². The normalized spacial score (nSPS) is 18.1. The van der Waals surface area contributed by atoms with Crippen LogP contribution in [0.25, 0.3) is 0 Å². The molecule has 0 bridgehead atoms. The summed E-state index contributed by atoms with van der Waals surface area (Å²) in [5, 5.41) is 0. The molecule has 3 nitrogen and oxygen atoms in total. The van der Waals surface area contributed by atoms with Crippen molar-refractivity contribution < 1.29 is 4.79 Å². The highest BCUT2D eigenvalue weighted by molar-refractivity contribution is 5.83. The Morgan fingerprint density at radius 3 is 2.59 bits per heavy atom. The largest absolute Gasteiger partial charge is 0.345 e. The molecule has 29 heavy (non-hydrogen) atoms. The molecule has 1 heterocycles. The van der Waals surface area contributed by atoms with Crippen LogP contribution in [0.1, 0.15) is 48.6 Å². The minimum atomic E-state index is 0.125. The molecule has 0 unspecified atom stereocenters. The number of benzene rings is 2. The monoisotopic (exact) mass is 386 g/mol. The summed E-state index contributed by atoms with van der Waals surface area (Å²) in [6.45, 7) is 7.85. The fraction of sp³-hybridized carbons (Fsp3) is 0.346. The molecular formula is C26H30N2O. The van der Waals surface area contributed by atoms with Crippen LogP contribution in [0.2, 0.25) is 0 Å². The molecule has 3 aromatic rings. The average molecular weight is 387 g/mol. The number of aromatic nitrogens is 1. The van der Waals surface area contributed by atoms with E-state index in [0.29, 0.717) is 12.5 Å². The smallest absolute Gasteiger partial charge is 0.226 e.